The maximum atomic E-state index is 15.1. The Balaban J connectivity index is 1.36. The predicted molar refractivity (Wildman–Crippen MR) is 141 cm³/mol. The number of rotatable bonds is 4. The van der Waals surface area contributed by atoms with E-state index in [4.69, 9.17) is 23.4 Å². The minimum absolute atomic E-state index is 0.0377. The van der Waals surface area contributed by atoms with Gasteiger partial charge >= 0.3 is 11.9 Å². The first-order valence-electron chi connectivity index (χ1n) is 15.1. The number of ketones is 1. The molecule has 0 aromatic carbocycles. The number of cyclic esters (lactones) is 2. The molecule has 0 radical (unpaired) electrons. The van der Waals surface area contributed by atoms with Crippen molar-refractivity contribution in [3.8, 4) is 0 Å². The first-order valence-corrected chi connectivity index (χ1v) is 15.1. The molecule has 11 atom stereocenters. The highest BCUT2D eigenvalue weighted by molar-refractivity contribution is 5.97. The Hall–Kier alpha value is -2.49. The van der Waals surface area contributed by atoms with Gasteiger partial charge in [-0.15, -0.1) is 0 Å². The second-order valence-electron chi connectivity index (χ2n) is 14.5. The summed E-state index contributed by atoms with van der Waals surface area (Å²) in [5, 5.41) is 12.5. The van der Waals surface area contributed by atoms with E-state index in [1.54, 1.807) is 18.6 Å². The van der Waals surface area contributed by atoms with Gasteiger partial charge in [0.2, 0.25) is 0 Å². The number of aliphatic hydroxyl groups is 1. The van der Waals surface area contributed by atoms with Crippen molar-refractivity contribution in [1.82, 2.24) is 0 Å². The summed E-state index contributed by atoms with van der Waals surface area (Å²) in [6, 6.07) is 1.80. The molecule has 1 aromatic rings. The van der Waals surface area contributed by atoms with Gasteiger partial charge in [0, 0.05) is 16.4 Å². The largest absolute Gasteiger partial charge is 0.472 e. The van der Waals surface area contributed by atoms with Crippen LogP contribution in [0.2, 0.25) is 0 Å². The third kappa shape index (κ3) is 2.54. The van der Waals surface area contributed by atoms with Crippen LogP contribution < -0.4 is 0 Å². The van der Waals surface area contributed by atoms with Crippen molar-refractivity contribution in [2.75, 3.05) is 6.61 Å². The fourth-order valence-electron chi connectivity index (χ4n) is 11.1. The Morgan fingerprint density at radius 3 is 2.63 bits per heavy atom. The molecule has 5 heterocycles. The van der Waals surface area contributed by atoms with Crippen molar-refractivity contribution in [3.05, 3.63) is 36.3 Å². The standard InChI is InChI=1S/C32H38O9/c1-17(2)6-12-28(4)31-10-5-9-29(22(34)23(31)35)19(30(31)16-38-21(33)14-20(30)40-28)7-11-27(3)24(18-8-13-37-15-18)39-26(36)25-32(27,29)41-25/h5,8,10,13,15,17,19-20,22,24-25,34H,6-7,9,11-12,14,16H2,1-4H3/t19-,20-,22+,24-,25+,27-,28-,29-,30-,31+,32+/m0/s1. The zero-order valence-electron chi connectivity index (χ0n) is 24.0. The molecule has 0 unspecified atom stereocenters. The van der Waals surface area contributed by atoms with Gasteiger partial charge in [0.15, 0.2) is 11.9 Å². The number of hydrogen-bond acceptors (Lipinski definition) is 9. The summed E-state index contributed by atoms with van der Waals surface area (Å²) < 4.78 is 30.8. The number of Topliss-reactive ketones (excluding diaryl/α,β-unsaturated/α-hetero) is 1. The number of carbonyl (C=O) groups excluding carboxylic acids is 3. The zero-order chi connectivity index (χ0) is 28.8. The minimum Gasteiger partial charge on any atom is -0.472 e. The van der Waals surface area contributed by atoms with E-state index in [0.717, 1.165) is 12.0 Å². The first-order chi connectivity index (χ1) is 19.5. The van der Waals surface area contributed by atoms with Crippen LogP contribution in [0, 0.1) is 33.5 Å². The van der Waals surface area contributed by atoms with Crippen molar-refractivity contribution in [2.24, 2.45) is 33.5 Å². The summed E-state index contributed by atoms with van der Waals surface area (Å²) in [7, 11) is 0. The van der Waals surface area contributed by atoms with Crippen LogP contribution in [-0.4, -0.2) is 58.9 Å². The zero-order valence-corrected chi connectivity index (χ0v) is 24.0. The molecule has 8 aliphatic rings. The summed E-state index contributed by atoms with van der Waals surface area (Å²) in [5.74, 6) is -1.05. The summed E-state index contributed by atoms with van der Waals surface area (Å²) in [6.07, 6.45) is 6.77. The van der Waals surface area contributed by atoms with Gasteiger partial charge in [-0.05, 0) is 56.9 Å². The molecular weight excluding hydrogens is 528 g/mol. The Bertz CT molecular complexity index is 1380. The van der Waals surface area contributed by atoms with Crippen LogP contribution in [0.5, 0.6) is 0 Å². The van der Waals surface area contributed by atoms with Crippen molar-refractivity contribution in [3.63, 3.8) is 0 Å². The molecule has 4 saturated heterocycles. The molecule has 6 fully saturated rings. The molecule has 0 amide bonds. The lowest BCUT2D eigenvalue weighted by Crippen LogP contribution is -2.79. The van der Waals surface area contributed by atoms with Crippen molar-refractivity contribution < 1.29 is 42.9 Å². The van der Waals surface area contributed by atoms with Gasteiger partial charge < -0.3 is 28.5 Å². The van der Waals surface area contributed by atoms with E-state index >= 15 is 4.79 Å². The lowest BCUT2D eigenvalue weighted by Gasteiger charge is -2.68. The number of furan rings is 1. The molecule has 2 bridgehead atoms. The summed E-state index contributed by atoms with van der Waals surface area (Å²) in [5.41, 5.74) is -5.29. The number of esters is 2. The Kier molecular flexibility index (Phi) is 4.92. The molecule has 2 saturated carbocycles. The smallest absolute Gasteiger partial charge is 0.339 e. The Labute approximate surface area is 238 Å². The lowest BCUT2D eigenvalue weighted by molar-refractivity contribution is -0.262. The third-order valence-corrected chi connectivity index (χ3v) is 12.7. The fourth-order valence-corrected chi connectivity index (χ4v) is 11.1. The Morgan fingerprint density at radius 2 is 1.90 bits per heavy atom. The average molecular weight is 567 g/mol. The first kappa shape index (κ1) is 26.2. The van der Waals surface area contributed by atoms with Gasteiger partial charge in [0.1, 0.15) is 24.4 Å². The van der Waals surface area contributed by atoms with Crippen LogP contribution in [0.25, 0.3) is 0 Å². The average Bonchev–Trinajstić information content (AvgIpc) is 3.48. The number of aliphatic hydroxyl groups excluding tert-OH is 1. The van der Waals surface area contributed by atoms with Gasteiger partial charge in [0.05, 0.1) is 41.5 Å². The quantitative estimate of drug-likeness (QED) is 0.329. The van der Waals surface area contributed by atoms with Gasteiger partial charge in [-0.2, -0.15) is 0 Å². The summed E-state index contributed by atoms with van der Waals surface area (Å²) >= 11 is 0. The van der Waals surface area contributed by atoms with Gasteiger partial charge in [-0.3, -0.25) is 9.59 Å². The van der Waals surface area contributed by atoms with E-state index in [2.05, 4.69) is 20.8 Å². The van der Waals surface area contributed by atoms with Crippen LogP contribution in [0.15, 0.2) is 35.2 Å². The molecule has 4 aliphatic carbocycles. The maximum Gasteiger partial charge on any atom is 0.339 e. The molecule has 4 aliphatic heterocycles. The highest BCUT2D eigenvalue weighted by atomic mass is 16.7. The molecule has 41 heavy (non-hydrogen) atoms. The monoisotopic (exact) mass is 566 g/mol. The SMILES string of the molecule is CC(C)CC[C@]1(C)O[C@H]2CC(=O)OC[C@]23[C@H]2CC[C@@]4(C)[C@H](c5ccoc5)OC(=O)[C@H]5O[C@]54[C@@]24CC=C[C@]31C(=O)[C@H]4O. The number of carbonyl (C=O) groups is 3. The molecule has 4 spiro atoms. The van der Waals surface area contributed by atoms with Crippen LogP contribution in [0.1, 0.15) is 77.9 Å². The van der Waals surface area contributed by atoms with E-state index in [-0.39, 0.29) is 30.7 Å². The van der Waals surface area contributed by atoms with Crippen molar-refractivity contribution >= 4 is 17.7 Å². The molecule has 9 nitrogen and oxygen atoms in total. The topological polar surface area (TPSA) is 125 Å². The second kappa shape index (κ2) is 7.71. The number of epoxide rings is 1. The van der Waals surface area contributed by atoms with Gasteiger partial charge in [0.25, 0.3) is 0 Å². The summed E-state index contributed by atoms with van der Waals surface area (Å²) in [4.78, 5) is 41.3. The number of allylic oxidation sites excluding steroid dienone is 1. The van der Waals surface area contributed by atoms with Crippen molar-refractivity contribution in [1.29, 1.82) is 0 Å². The normalized spacial score (nSPS) is 52.5. The van der Waals surface area contributed by atoms with E-state index < -0.39 is 63.2 Å². The fraction of sp³-hybridized carbons (Fsp3) is 0.719. The van der Waals surface area contributed by atoms with E-state index in [1.165, 1.54) is 0 Å². The van der Waals surface area contributed by atoms with Crippen LogP contribution >= 0.6 is 0 Å². The molecule has 1 N–H and O–H groups in total. The van der Waals surface area contributed by atoms with Crippen LogP contribution in [0.4, 0.5) is 0 Å². The van der Waals surface area contributed by atoms with E-state index in [1.807, 2.05) is 19.1 Å². The van der Waals surface area contributed by atoms with Crippen molar-refractivity contribution in [2.45, 2.75) is 102 Å². The highest BCUT2D eigenvalue weighted by Gasteiger charge is 2.94. The van der Waals surface area contributed by atoms with Crippen LogP contribution in [-0.2, 0) is 33.3 Å². The van der Waals surface area contributed by atoms with E-state index in [9.17, 15) is 14.7 Å². The minimum atomic E-state index is -1.40. The number of ether oxygens (including phenoxy) is 4. The lowest BCUT2D eigenvalue weighted by atomic mass is 9.33. The number of fused-ring (bicyclic) bond motifs is 2. The maximum absolute atomic E-state index is 15.1. The second-order valence-corrected chi connectivity index (χ2v) is 14.5. The van der Waals surface area contributed by atoms with Crippen LogP contribution in [0.3, 0.4) is 0 Å². The van der Waals surface area contributed by atoms with E-state index in [0.29, 0.717) is 31.6 Å². The molecule has 9 heteroatoms. The summed E-state index contributed by atoms with van der Waals surface area (Å²) in [6.45, 7) is 8.37. The number of hydrogen-bond donors (Lipinski definition) is 1. The van der Waals surface area contributed by atoms with Gasteiger partial charge in [-0.25, -0.2) is 4.79 Å². The molecule has 1 aromatic heterocycles. The molecule has 9 rings (SSSR count). The molecule has 220 valence electrons. The predicted octanol–water partition coefficient (Wildman–Crippen LogP) is 3.83. The third-order valence-electron chi connectivity index (χ3n) is 12.7. The molecular formula is C32H38O9. The Morgan fingerprint density at radius 1 is 1.10 bits per heavy atom. The van der Waals surface area contributed by atoms with Gasteiger partial charge in [-0.1, -0.05) is 32.9 Å². The highest BCUT2D eigenvalue weighted by Crippen LogP contribution is 2.84.